The van der Waals surface area contributed by atoms with Crippen LogP contribution in [0, 0.1) is 0 Å². The monoisotopic (exact) mass is 365 g/mol. The average Bonchev–Trinajstić information content (AvgIpc) is 2.49. The molecule has 3 heteroatoms. The Morgan fingerprint density at radius 3 is 1.24 bits per heavy atom. The Bertz CT molecular complexity index is 187. The van der Waals surface area contributed by atoms with Gasteiger partial charge >= 0.3 is 0 Å². The van der Waals surface area contributed by atoms with Gasteiger partial charge in [0.1, 0.15) is 0 Å². The number of unbranched alkanes of at least 4 members (excludes halogenated alkanes) is 9. The molecule has 0 aromatic carbocycles. The molecule has 0 atom stereocenters. The lowest BCUT2D eigenvalue weighted by atomic mass is 10.1. The lowest BCUT2D eigenvalue weighted by molar-refractivity contribution is -0.923. The summed E-state index contributed by atoms with van der Waals surface area (Å²) in [5.41, 5.74) is 0. The van der Waals surface area contributed by atoms with Crippen LogP contribution >= 0.6 is 0 Å². The number of nitrogens with zero attached hydrogens (tertiary/aromatic N) is 1. The van der Waals surface area contributed by atoms with Crippen molar-refractivity contribution in [3.05, 3.63) is 0 Å². The van der Waals surface area contributed by atoms with E-state index in [2.05, 4.69) is 20.8 Å². The summed E-state index contributed by atoms with van der Waals surface area (Å²) >= 11 is 0. The second-order valence-corrected chi connectivity index (χ2v) is 6.27. The Balaban J connectivity index is 0. The Morgan fingerprint density at radius 2 is 0.905 bits per heavy atom. The molecule has 0 aromatic rings. The largest absolute Gasteiger partial charge is 1.00 e. The minimum absolute atomic E-state index is 0. The molecule has 0 aromatic heterocycles. The molecular weight excluding hydrogens is 326 g/mol. The summed E-state index contributed by atoms with van der Waals surface area (Å²) in [7, 11) is 0. The highest BCUT2D eigenvalue weighted by Crippen LogP contribution is 2.13. The van der Waals surface area contributed by atoms with Gasteiger partial charge in [0.15, 0.2) is 0 Å². The van der Waals surface area contributed by atoms with Crippen molar-refractivity contribution in [2.24, 2.45) is 0 Å². The van der Waals surface area contributed by atoms with Crippen molar-refractivity contribution < 1.29 is 26.6 Å². The fourth-order valence-corrected chi connectivity index (χ4v) is 3.12. The topological polar surface area (TPSA) is 20.2 Å². The molecule has 0 radical (unpaired) electrons. The van der Waals surface area contributed by atoms with Crippen LogP contribution in [0.5, 0.6) is 0 Å². The van der Waals surface area contributed by atoms with E-state index in [9.17, 15) is 0 Å². The predicted octanol–water partition coefficient (Wildman–Crippen LogP) is 1.76. The van der Waals surface area contributed by atoms with Crippen LogP contribution in [0.2, 0.25) is 0 Å². The molecule has 0 bridgehead atoms. The Morgan fingerprint density at radius 1 is 0.571 bits per heavy atom. The first-order valence-electron chi connectivity index (χ1n) is 9.20. The van der Waals surface area contributed by atoms with E-state index in [4.69, 9.17) is 5.11 Å². The smallest absolute Gasteiger partial charge is 0.0786 e. The number of aliphatic hydroxyl groups excluding tert-OH is 1. The quantitative estimate of drug-likeness (QED) is 0.346. The first-order chi connectivity index (χ1) is 9.74. The highest BCUT2D eigenvalue weighted by atomic mass is 79.9. The van der Waals surface area contributed by atoms with Gasteiger partial charge in [-0.15, -0.1) is 0 Å². The van der Waals surface area contributed by atoms with E-state index in [1.165, 1.54) is 88.4 Å². The van der Waals surface area contributed by atoms with E-state index in [1.807, 2.05) is 0 Å². The molecule has 0 rings (SSSR count). The molecule has 0 aliphatic heterocycles. The molecule has 0 heterocycles. The van der Waals surface area contributed by atoms with Crippen LogP contribution in [0.4, 0.5) is 0 Å². The first-order valence-corrected chi connectivity index (χ1v) is 9.20. The van der Waals surface area contributed by atoms with Gasteiger partial charge in [0.2, 0.25) is 0 Å². The molecule has 0 fully saturated rings. The van der Waals surface area contributed by atoms with Crippen LogP contribution in [0.3, 0.4) is 0 Å². The molecule has 1 N–H and O–H groups in total. The van der Waals surface area contributed by atoms with Crippen LogP contribution in [0.1, 0.15) is 85.0 Å². The van der Waals surface area contributed by atoms with Crippen molar-refractivity contribution in [1.82, 2.24) is 0 Å². The maximum absolute atomic E-state index is 8.70. The van der Waals surface area contributed by atoms with Gasteiger partial charge in [0, 0.05) is 6.61 Å². The maximum atomic E-state index is 8.70. The molecule has 0 amide bonds. The normalized spacial score (nSPS) is 11.4. The third-order valence-electron chi connectivity index (χ3n) is 5.05. The zero-order valence-electron chi connectivity index (χ0n) is 14.9. The Hall–Kier alpha value is 0.400. The second-order valence-electron chi connectivity index (χ2n) is 6.27. The SMILES string of the molecule is CC[N+](CC)(CC)CCCCCCCCCCCCO.[Br-]. The Kier molecular flexibility index (Phi) is 18.9. The average molecular weight is 366 g/mol. The molecule has 0 saturated carbocycles. The first kappa shape index (κ1) is 23.7. The van der Waals surface area contributed by atoms with Gasteiger partial charge in [-0.25, -0.2) is 0 Å². The lowest BCUT2D eigenvalue weighted by Gasteiger charge is -2.35. The molecule has 130 valence electrons. The fraction of sp³-hybridized carbons (Fsp3) is 1.00. The summed E-state index contributed by atoms with van der Waals surface area (Å²) < 4.78 is 1.31. The van der Waals surface area contributed by atoms with Crippen molar-refractivity contribution >= 4 is 0 Å². The third-order valence-corrected chi connectivity index (χ3v) is 5.05. The molecule has 0 saturated heterocycles. The molecule has 0 aliphatic rings. The second kappa shape index (κ2) is 16.8. The van der Waals surface area contributed by atoms with E-state index in [0.29, 0.717) is 6.61 Å². The van der Waals surface area contributed by atoms with Gasteiger partial charge in [-0.2, -0.15) is 0 Å². The summed E-state index contributed by atoms with van der Waals surface area (Å²) in [5, 5.41) is 8.70. The van der Waals surface area contributed by atoms with Crippen LogP contribution in [0.15, 0.2) is 0 Å². The van der Waals surface area contributed by atoms with Crippen molar-refractivity contribution in [1.29, 1.82) is 0 Å². The highest BCUT2D eigenvalue weighted by molar-refractivity contribution is 4.48. The van der Waals surface area contributed by atoms with Gasteiger partial charge in [0.05, 0.1) is 26.2 Å². The molecule has 0 unspecified atom stereocenters. The summed E-state index contributed by atoms with van der Waals surface area (Å²) in [6.07, 6.45) is 13.4. The van der Waals surface area contributed by atoms with E-state index in [1.54, 1.807) is 0 Å². The lowest BCUT2D eigenvalue weighted by Crippen LogP contribution is -3.00. The van der Waals surface area contributed by atoms with Crippen LogP contribution in [-0.2, 0) is 0 Å². The van der Waals surface area contributed by atoms with Gasteiger partial charge in [0.25, 0.3) is 0 Å². The standard InChI is InChI=1S/C18H40NO.BrH/c1-4-19(5-2,6-3)17-15-13-11-9-7-8-10-12-14-16-18-20;/h20H,4-18H2,1-3H3;1H/q+1;/p-1. The van der Waals surface area contributed by atoms with E-state index < -0.39 is 0 Å². The third kappa shape index (κ3) is 12.6. The number of hydrogen-bond acceptors (Lipinski definition) is 1. The summed E-state index contributed by atoms with van der Waals surface area (Å²) in [5.74, 6) is 0. The Labute approximate surface area is 144 Å². The zero-order chi connectivity index (χ0) is 15.1. The van der Waals surface area contributed by atoms with Gasteiger partial charge in [-0.05, 0) is 40.0 Å². The summed E-state index contributed by atoms with van der Waals surface area (Å²) in [4.78, 5) is 0. The zero-order valence-corrected chi connectivity index (χ0v) is 16.5. The molecule has 0 aliphatic carbocycles. The van der Waals surface area contributed by atoms with E-state index in [-0.39, 0.29) is 17.0 Å². The van der Waals surface area contributed by atoms with Crippen molar-refractivity contribution in [2.45, 2.75) is 85.0 Å². The van der Waals surface area contributed by atoms with Crippen LogP contribution in [-0.4, -0.2) is 42.4 Å². The molecule has 2 nitrogen and oxygen atoms in total. The van der Waals surface area contributed by atoms with Gasteiger partial charge in [-0.1, -0.05) is 44.9 Å². The number of hydrogen-bond donors (Lipinski definition) is 1. The minimum atomic E-state index is 0. The summed E-state index contributed by atoms with van der Waals surface area (Å²) in [6, 6.07) is 0. The van der Waals surface area contributed by atoms with Crippen molar-refractivity contribution in [3.8, 4) is 0 Å². The number of halogens is 1. The number of quaternary nitrogens is 1. The highest BCUT2D eigenvalue weighted by Gasteiger charge is 2.19. The van der Waals surface area contributed by atoms with Crippen LogP contribution in [0.25, 0.3) is 0 Å². The summed E-state index contributed by atoms with van der Waals surface area (Å²) in [6.45, 7) is 12.6. The van der Waals surface area contributed by atoms with Crippen LogP contribution < -0.4 is 17.0 Å². The molecule has 0 spiro atoms. The maximum Gasteiger partial charge on any atom is 0.0786 e. The number of rotatable bonds is 15. The molecule has 21 heavy (non-hydrogen) atoms. The van der Waals surface area contributed by atoms with E-state index in [0.717, 1.165) is 6.42 Å². The van der Waals surface area contributed by atoms with Gasteiger partial charge < -0.3 is 26.6 Å². The fourth-order valence-electron chi connectivity index (χ4n) is 3.12. The predicted molar refractivity (Wildman–Crippen MR) is 90.0 cm³/mol. The van der Waals surface area contributed by atoms with E-state index >= 15 is 0 Å². The van der Waals surface area contributed by atoms with Gasteiger partial charge in [-0.3, -0.25) is 0 Å². The minimum Gasteiger partial charge on any atom is -1.00 e. The van der Waals surface area contributed by atoms with Crippen molar-refractivity contribution in [2.75, 3.05) is 32.8 Å². The number of aliphatic hydroxyl groups is 1. The van der Waals surface area contributed by atoms with Crippen molar-refractivity contribution in [3.63, 3.8) is 0 Å². The molecular formula is C18H40BrNO.